The van der Waals surface area contributed by atoms with Crippen molar-refractivity contribution >= 4 is 9.84 Å². The molecule has 3 rings (SSSR count). The molecule has 5 nitrogen and oxygen atoms in total. The number of benzene rings is 2. The number of hydrogen-bond donors (Lipinski definition) is 2. The zero-order valence-corrected chi connectivity index (χ0v) is 15.3. The number of phenolic OH excluding ortho intramolecular Hbond substituents is 1. The fraction of sp³-hybridized carbons (Fsp3) is 0.368. The molecular weight excluding hydrogens is 338 g/mol. The van der Waals surface area contributed by atoms with E-state index in [0.29, 0.717) is 24.4 Å². The molecule has 0 amide bonds. The van der Waals surface area contributed by atoms with Gasteiger partial charge >= 0.3 is 0 Å². The number of rotatable bonds is 4. The van der Waals surface area contributed by atoms with E-state index in [4.69, 9.17) is 0 Å². The highest BCUT2D eigenvalue weighted by atomic mass is 32.2. The quantitative estimate of drug-likeness (QED) is 0.872. The molecule has 1 heterocycles. The largest absolute Gasteiger partial charge is 0.508 e. The minimum Gasteiger partial charge on any atom is -0.508 e. The van der Waals surface area contributed by atoms with E-state index in [-0.39, 0.29) is 4.90 Å². The van der Waals surface area contributed by atoms with E-state index in [1.165, 1.54) is 18.4 Å². The Morgan fingerprint density at radius 2 is 1.84 bits per heavy atom. The summed E-state index contributed by atoms with van der Waals surface area (Å²) in [5, 5.41) is 20.8. The van der Waals surface area contributed by atoms with E-state index in [1.807, 2.05) is 12.1 Å². The first-order valence-corrected chi connectivity index (χ1v) is 10.1. The Hall–Kier alpha value is -1.89. The second-order valence-corrected chi connectivity index (χ2v) is 8.96. The summed E-state index contributed by atoms with van der Waals surface area (Å²) in [4.78, 5) is 2.39. The number of phenols is 1. The van der Waals surface area contributed by atoms with Crippen molar-refractivity contribution in [2.24, 2.45) is 0 Å². The smallest absolute Gasteiger partial charge is 0.175 e. The zero-order chi connectivity index (χ0) is 18.2. The second-order valence-electron chi connectivity index (χ2n) is 6.95. The minimum absolute atomic E-state index is 0.245. The lowest BCUT2D eigenvalue weighted by molar-refractivity contribution is 0.0116. The molecule has 6 heteroatoms. The predicted molar refractivity (Wildman–Crippen MR) is 96.2 cm³/mol. The predicted octanol–water partition coefficient (Wildman–Crippen LogP) is 2.06. The third-order valence-electron chi connectivity index (χ3n) is 4.76. The average molecular weight is 361 g/mol. The Labute approximate surface area is 148 Å². The van der Waals surface area contributed by atoms with Crippen molar-refractivity contribution in [3.05, 3.63) is 59.2 Å². The summed E-state index contributed by atoms with van der Waals surface area (Å²) in [5.74, 6) is 0.334. The van der Waals surface area contributed by atoms with E-state index in [2.05, 4.69) is 4.90 Å². The Balaban J connectivity index is 1.76. The standard InChI is InChI=1S/C19H23NO4S/c1-19(22,15-6-8-16(9-7-15)25(2,23)24)13-20-11-10-17-14(12-20)4-3-5-18(17)21/h3-9,21-22H,10-13H2,1-2H3. The molecule has 0 fully saturated rings. The van der Waals surface area contributed by atoms with Crippen LogP contribution in [0.15, 0.2) is 47.4 Å². The number of β-amino-alcohol motifs (C(OH)–C–C–N with tert-alkyl or cyclic N) is 1. The van der Waals surface area contributed by atoms with E-state index >= 15 is 0 Å². The summed E-state index contributed by atoms with van der Waals surface area (Å²) in [6.07, 6.45) is 1.91. The van der Waals surface area contributed by atoms with Crippen molar-refractivity contribution < 1.29 is 18.6 Å². The number of hydrogen-bond acceptors (Lipinski definition) is 5. The van der Waals surface area contributed by atoms with Gasteiger partial charge in [0, 0.05) is 25.9 Å². The number of aromatic hydroxyl groups is 1. The third-order valence-corrected chi connectivity index (χ3v) is 5.88. The zero-order valence-electron chi connectivity index (χ0n) is 14.4. The molecule has 2 aromatic rings. The van der Waals surface area contributed by atoms with Gasteiger partial charge in [-0.2, -0.15) is 0 Å². The highest BCUT2D eigenvalue weighted by molar-refractivity contribution is 7.90. The Bertz CT molecular complexity index is 873. The summed E-state index contributed by atoms with van der Waals surface area (Å²) in [7, 11) is -3.25. The molecule has 0 bridgehead atoms. The minimum atomic E-state index is -3.25. The van der Waals surface area contributed by atoms with Crippen LogP contribution in [0.5, 0.6) is 5.75 Å². The van der Waals surface area contributed by atoms with Crippen LogP contribution >= 0.6 is 0 Å². The molecule has 0 saturated carbocycles. The lowest BCUT2D eigenvalue weighted by Crippen LogP contribution is -2.41. The van der Waals surface area contributed by atoms with Crippen LogP contribution in [0.25, 0.3) is 0 Å². The number of nitrogens with zero attached hydrogens (tertiary/aromatic N) is 1. The van der Waals surface area contributed by atoms with E-state index in [9.17, 15) is 18.6 Å². The maximum atomic E-state index is 11.6. The van der Waals surface area contributed by atoms with Gasteiger partial charge in [0.25, 0.3) is 0 Å². The molecule has 0 saturated heterocycles. The SMILES string of the molecule is CC(O)(CN1CCc2c(O)cccc2C1)c1ccc(S(C)(=O)=O)cc1. The molecule has 0 spiro atoms. The Kier molecular flexibility index (Phi) is 4.62. The Morgan fingerprint density at radius 1 is 1.16 bits per heavy atom. The molecule has 25 heavy (non-hydrogen) atoms. The summed E-state index contributed by atoms with van der Waals surface area (Å²) in [5.41, 5.74) is 1.65. The van der Waals surface area contributed by atoms with Crippen LogP contribution in [0.3, 0.4) is 0 Å². The van der Waals surface area contributed by atoms with Crippen LogP contribution in [-0.2, 0) is 28.4 Å². The highest BCUT2D eigenvalue weighted by Crippen LogP contribution is 2.30. The average Bonchev–Trinajstić information content (AvgIpc) is 2.54. The molecule has 0 aromatic heterocycles. The van der Waals surface area contributed by atoms with Crippen molar-refractivity contribution in [3.63, 3.8) is 0 Å². The highest BCUT2D eigenvalue weighted by Gasteiger charge is 2.29. The van der Waals surface area contributed by atoms with Crippen LogP contribution in [0.4, 0.5) is 0 Å². The van der Waals surface area contributed by atoms with Crippen molar-refractivity contribution in [1.82, 2.24) is 4.90 Å². The molecule has 0 aliphatic carbocycles. The van der Waals surface area contributed by atoms with Gasteiger partial charge in [-0.15, -0.1) is 0 Å². The van der Waals surface area contributed by atoms with Crippen molar-refractivity contribution in [1.29, 1.82) is 0 Å². The van der Waals surface area contributed by atoms with Gasteiger partial charge in [0.2, 0.25) is 0 Å². The maximum Gasteiger partial charge on any atom is 0.175 e. The van der Waals surface area contributed by atoms with Crippen molar-refractivity contribution in [3.8, 4) is 5.75 Å². The molecule has 2 aromatic carbocycles. The van der Waals surface area contributed by atoms with E-state index in [0.717, 1.165) is 24.1 Å². The first-order valence-electron chi connectivity index (χ1n) is 8.22. The van der Waals surface area contributed by atoms with Crippen LogP contribution in [0.1, 0.15) is 23.6 Å². The maximum absolute atomic E-state index is 11.6. The normalized spacial score (nSPS) is 17.7. The lowest BCUT2D eigenvalue weighted by Gasteiger charge is -2.35. The van der Waals surface area contributed by atoms with E-state index in [1.54, 1.807) is 25.1 Å². The lowest BCUT2D eigenvalue weighted by atomic mass is 9.93. The summed E-state index contributed by atoms with van der Waals surface area (Å²) >= 11 is 0. The van der Waals surface area contributed by atoms with Crippen LogP contribution in [0.2, 0.25) is 0 Å². The van der Waals surface area contributed by atoms with Gasteiger partial charge in [0.1, 0.15) is 5.75 Å². The Morgan fingerprint density at radius 3 is 2.48 bits per heavy atom. The topological polar surface area (TPSA) is 77.8 Å². The fourth-order valence-corrected chi connectivity index (χ4v) is 4.00. The monoisotopic (exact) mass is 361 g/mol. The molecule has 2 N–H and O–H groups in total. The first-order chi connectivity index (χ1) is 11.7. The molecule has 134 valence electrons. The second kappa shape index (κ2) is 6.44. The molecule has 1 aliphatic heterocycles. The van der Waals surface area contributed by atoms with Crippen LogP contribution in [0, 0.1) is 0 Å². The molecule has 1 atom stereocenters. The number of fused-ring (bicyclic) bond motifs is 1. The first kappa shape index (κ1) is 17.9. The third kappa shape index (κ3) is 3.86. The van der Waals surface area contributed by atoms with Gasteiger partial charge in [0.15, 0.2) is 9.84 Å². The van der Waals surface area contributed by atoms with Gasteiger partial charge in [-0.3, -0.25) is 4.90 Å². The van der Waals surface area contributed by atoms with Crippen molar-refractivity contribution in [2.45, 2.75) is 30.4 Å². The van der Waals surface area contributed by atoms with Crippen LogP contribution in [-0.4, -0.2) is 42.9 Å². The summed E-state index contributed by atoms with van der Waals surface area (Å²) in [6.45, 7) is 3.59. The van der Waals surface area contributed by atoms with Crippen molar-refractivity contribution in [2.75, 3.05) is 19.3 Å². The number of sulfone groups is 1. The van der Waals surface area contributed by atoms with E-state index < -0.39 is 15.4 Å². The van der Waals surface area contributed by atoms with Gasteiger partial charge in [0.05, 0.1) is 10.5 Å². The molecule has 1 aliphatic rings. The van der Waals surface area contributed by atoms with Gasteiger partial charge in [-0.1, -0.05) is 24.3 Å². The summed E-state index contributed by atoms with van der Waals surface area (Å²) < 4.78 is 23.1. The molecular formula is C19H23NO4S. The molecule has 0 radical (unpaired) electrons. The molecule has 1 unspecified atom stereocenters. The van der Waals surface area contributed by atoms with Crippen LogP contribution < -0.4 is 0 Å². The number of aliphatic hydroxyl groups is 1. The summed E-state index contributed by atoms with van der Waals surface area (Å²) in [6, 6.07) is 11.9. The van der Waals surface area contributed by atoms with Gasteiger partial charge < -0.3 is 10.2 Å². The fourth-order valence-electron chi connectivity index (χ4n) is 3.37. The van der Waals surface area contributed by atoms with Gasteiger partial charge in [-0.05, 0) is 48.2 Å². The van der Waals surface area contributed by atoms with Gasteiger partial charge in [-0.25, -0.2) is 8.42 Å².